The number of likely N-dealkylation sites (tertiary alicyclic amines) is 1. The van der Waals surface area contributed by atoms with Crippen molar-refractivity contribution in [3.8, 4) is 11.5 Å². The maximum atomic E-state index is 12.6. The topological polar surface area (TPSA) is 76.8 Å². The smallest absolute Gasteiger partial charge is 0.294 e. The largest absolute Gasteiger partial charge is 0.497 e. The number of anilines is 1. The number of ether oxygens (including phenoxy) is 2. The number of carbonyl (C=O) groups excluding carboxylic acids is 1. The van der Waals surface area contributed by atoms with Gasteiger partial charge in [-0.05, 0) is 49.2 Å². The van der Waals surface area contributed by atoms with Crippen molar-refractivity contribution in [2.45, 2.75) is 25.3 Å². The summed E-state index contributed by atoms with van der Waals surface area (Å²) in [6.45, 7) is 2.76. The van der Waals surface area contributed by atoms with Crippen LogP contribution in [0.2, 0.25) is 0 Å². The third-order valence-corrected chi connectivity index (χ3v) is 5.57. The summed E-state index contributed by atoms with van der Waals surface area (Å²) < 4.78 is 16.0. The monoisotopic (exact) mass is 421 g/mol. The van der Waals surface area contributed by atoms with Gasteiger partial charge in [-0.15, -0.1) is 0 Å². The molecule has 0 aliphatic carbocycles. The molecule has 1 aliphatic heterocycles. The van der Waals surface area contributed by atoms with Gasteiger partial charge in [0.2, 0.25) is 5.76 Å². The molecule has 1 aliphatic rings. The number of hydrogen-bond donors (Lipinski definition) is 1. The number of rotatable bonds is 7. The van der Waals surface area contributed by atoms with E-state index in [9.17, 15) is 4.79 Å². The van der Waals surface area contributed by atoms with Crippen LogP contribution < -0.4 is 14.8 Å². The standard InChI is InChI=1S/C24H27N3O4/c1-29-19-9-5-7-17(13-19)15-27-12-6-8-18(16-27)21-14-23(31-26-21)24(28)25-20-10-3-4-11-22(20)30-2/h3-5,7,9-11,13-14,18H,6,8,12,15-16H2,1-2H3,(H,25,28)/t18-/m1/s1. The van der Waals surface area contributed by atoms with Gasteiger partial charge in [-0.2, -0.15) is 0 Å². The first kappa shape index (κ1) is 20.9. The Labute approximate surface area is 181 Å². The summed E-state index contributed by atoms with van der Waals surface area (Å²) >= 11 is 0. The van der Waals surface area contributed by atoms with E-state index in [0.717, 1.165) is 43.9 Å². The molecule has 1 atom stereocenters. The molecule has 1 aromatic heterocycles. The lowest BCUT2D eigenvalue weighted by Gasteiger charge is -2.31. The highest BCUT2D eigenvalue weighted by atomic mass is 16.5. The van der Waals surface area contributed by atoms with E-state index in [4.69, 9.17) is 14.0 Å². The molecule has 162 valence electrons. The minimum absolute atomic E-state index is 0.200. The Morgan fingerprint density at radius 2 is 2.03 bits per heavy atom. The van der Waals surface area contributed by atoms with Crippen molar-refractivity contribution in [1.82, 2.24) is 10.1 Å². The highest BCUT2D eigenvalue weighted by Crippen LogP contribution is 2.29. The first-order valence-corrected chi connectivity index (χ1v) is 10.4. The van der Waals surface area contributed by atoms with E-state index in [2.05, 4.69) is 27.5 Å². The van der Waals surface area contributed by atoms with Crippen LogP contribution in [0.1, 0.15) is 40.6 Å². The van der Waals surface area contributed by atoms with Crippen LogP contribution in [0.5, 0.6) is 11.5 Å². The number of aromatic nitrogens is 1. The fourth-order valence-corrected chi connectivity index (χ4v) is 3.99. The van der Waals surface area contributed by atoms with E-state index in [1.54, 1.807) is 32.4 Å². The van der Waals surface area contributed by atoms with Gasteiger partial charge >= 0.3 is 0 Å². The van der Waals surface area contributed by atoms with Crippen LogP contribution in [0.25, 0.3) is 0 Å². The van der Waals surface area contributed by atoms with Crippen LogP contribution in [0, 0.1) is 0 Å². The zero-order valence-electron chi connectivity index (χ0n) is 17.8. The maximum Gasteiger partial charge on any atom is 0.294 e. The number of nitrogens with one attached hydrogen (secondary N) is 1. The lowest BCUT2D eigenvalue weighted by molar-refractivity contribution is 0.0987. The zero-order valence-corrected chi connectivity index (χ0v) is 17.8. The van der Waals surface area contributed by atoms with Gasteiger partial charge in [-0.1, -0.05) is 29.4 Å². The quantitative estimate of drug-likeness (QED) is 0.612. The Kier molecular flexibility index (Phi) is 6.52. The first-order valence-electron chi connectivity index (χ1n) is 10.4. The van der Waals surface area contributed by atoms with Gasteiger partial charge < -0.3 is 19.3 Å². The molecule has 3 aromatic rings. The number of piperidine rings is 1. The van der Waals surface area contributed by atoms with Gasteiger partial charge in [0.15, 0.2) is 0 Å². The van der Waals surface area contributed by atoms with E-state index in [1.807, 2.05) is 24.3 Å². The summed E-state index contributed by atoms with van der Waals surface area (Å²) in [4.78, 5) is 15.0. The molecule has 1 saturated heterocycles. The van der Waals surface area contributed by atoms with Crippen LogP contribution in [-0.2, 0) is 6.54 Å². The van der Waals surface area contributed by atoms with Crippen LogP contribution in [-0.4, -0.2) is 43.3 Å². The summed E-state index contributed by atoms with van der Waals surface area (Å²) in [7, 11) is 3.25. The summed E-state index contributed by atoms with van der Waals surface area (Å²) in [6, 6.07) is 17.2. The van der Waals surface area contributed by atoms with E-state index in [0.29, 0.717) is 11.4 Å². The fraction of sp³-hybridized carbons (Fsp3) is 0.333. The molecular weight excluding hydrogens is 394 g/mol. The summed E-state index contributed by atoms with van der Waals surface area (Å²) in [5.74, 6) is 1.55. The highest BCUT2D eigenvalue weighted by molar-refractivity contribution is 6.03. The van der Waals surface area contributed by atoms with Gasteiger partial charge in [0.25, 0.3) is 5.91 Å². The second-order valence-electron chi connectivity index (χ2n) is 7.70. The molecule has 1 fully saturated rings. The lowest BCUT2D eigenvalue weighted by atomic mass is 9.94. The van der Waals surface area contributed by atoms with Gasteiger partial charge in [0.1, 0.15) is 11.5 Å². The molecule has 0 unspecified atom stereocenters. The molecule has 0 spiro atoms. The number of benzene rings is 2. The van der Waals surface area contributed by atoms with Crippen LogP contribution >= 0.6 is 0 Å². The van der Waals surface area contributed by atoms with Crippen molar-refractivity contribution in [3.63, 3.8) is 0 Å². The average Bonchev–Trinajstić information content (AvgIpc) is 3.30. The SMILES string of the molecule is COc1cccc(CN2CCC[C@@H](c3cc(C(=O)Nc4ccccc4OC)on3)C2)c1. The summed E-state index contributed by atoms with van der Waals surface area (Å²) in [6.07, 6.45) is 2.10. The van der Waals surface area contributed by atoms with E-state index < -0.39 is 0 Å². The molecule has 7 nitrogen and oxygen atoms in total. The molecule has 0 saturated carbocycles. The van der Waals surface area contributed by atoms with E-state index >= 15 is 0 Å². The van der Waals surface area contributed by atoms with Crippen molar-refractivity contribution < 1.29 is 18.8 Å². The minimum Gasteiger partial charge on any atom is -0.497 e. The van der Waals surface area contributed by atoms with Crippen molar-refractivity contribution in [2.24, 2.45) is 0 Å². The van der Waals surface area contributed by atoms with Crippen molar-refractivity contribution in [1.29, 1.82) is 0 Å². The van der Waals surface area contributed by atoms with Gasteiger partial charge in [-0.25, -0.2) is 0 Å². The number of hydrogen-bond acceptors (Lipinski definition) is 6. The predicted octanol–water partition coefficient (Wildman–Crippen LogP) is 4.32. The Bertz CT molecular complexity index is 1030. The zero-order chi connectivity index (χ0) is 21.6. The molecular formula is C24H27N3O4. The number of methoxy groups -OCH3 is 2. The van der Waals surface area contributed by atoms with Crippen LogP contribution in [0.15, 0.2) is 59.1 Å². The van der Waals surface area contributed by atoms with Gasteiger partial charge in [-0.3, -0.25) is 9.69 Å². The van der Waals surface area contributed by atoms with Crippen LogP contribution in [0.3, 0.4) is 0 Å². The number of para-hydroxylation sites is 2. The van der Waals surface area contributed by atoms with E-state index in [1.165, 1.54) is 5.56 Å². The van der Waals surface area contributed by atoms with Gasteiger partial charge in [0.05, 0.1) is 25.6 Å². The van der Waals surface area contributed by atoms with Crippen molar-refractivity contribution >= 4 is 11.6 Å². The normalized spacial score (nSPS) is 16.6. The maximum absolute atomic E-state index is 12.6. The first-order chi connectivity index (χ1) is 15.2. The minimum atomic E-state index is -0.340. The average molecular weight is 421 g/mol. The molecule has 2 aromatic carbocycles. The fourth-order valence-electron chi connectivity index (χ4n) is 3.99. The Balaban J connectivity index is 1.40. The van der Waals surface area contributed by atoms with Crippen LogP contribution in [0.4, 0.5) is 5.69 Å². The molecule has 31 heavy (non-hydrogen) atoms. The highest BCUT2D eigenvalue weighted by Gasteiger charge is 2.25. The number of nitrogens with zero attached hydrogens (tertiary/aromatic N) is 2. The summed E-state index contributed by atoms with van der Waals surface area (Å²) in [5.41, 5.74) is 2.63. The van der Waals surface area contributed by atoms with Gasteiger partial charge in [0, 0.05) is 25.1 Å². The predicted molar refractivity (Wildman–Crippen MR) is 118 cm³/mol. The molecule has 4 rings (SSSR count). The molecule has 1 N–H and O–H groups in total. The summed E-state index contributed by atoms with van der Waals surface area (Å²) in [5, 5.41) is 7.03. The van der Waals surface area contributed by atoms with Crippen molar-refractivity contribution in [2.75, 3.05) is 32.6 Å². The Hall–Kier alpha value is -3.32. The van der Waals surface area contributed by atoms with Crippen molar-refractivity contribution in [3.05, 3.63) is 71.6 Å². The second kappa shape index (κ2) is 9.66. The molecule has 1 amide bonds. The Morgan fingerprint density at radius 1 is 1.16 bits per heavy atom. The number of carbonyl (C=O) groups is 1. The van der Waals surface area contributed by atoms with E-state index in [-0.39, 0.29) is 17.6 Å². The number of amides is 1. The molecule has 0 radical (unpaired) electrons. The second-order valence-corrected chi connectivity index (χ2v) is 7.70. The molecule has 2 heterocycles. The lowest BCUT2D eigenvalue weighted by Crippen LogP contribution is -2.34. The Morgan fingerprint density at radius 3 is 2.87 bits per heavy atom. The third kappa shape index (κ3) is 5.06. The molecule has 0 bridgehead atoms. The molecule has 7 heteroatoms. The third-order valence-electron chi connectivity index (χ3n) is 5.57.